The Labute approximate surface area is 95.7 Å². The molecule has 0 aliphatic carbocycles. The maximum Gasteiger partial charge on any atom is 0.162 e. The topological polar surface area (TPSA) is 0 Å². The van der Waals surface area contributed by atoms with Crippen LogP contribution in [0.4, 0.5) is 0 Å². The van der Waals surface area contributed by atoms with E-state index < -0.39 is 16.1 Å². The maximum atomic E-state index is 5.58. The zero-order valence-electron chi connectivity index (χ0n) is 10.4. The van der Waals surface area contributed by atoms with Gasteiger partial charge in [-0.1, -0.05) is 62.2 Å². The van der Waals surface area contributed by atoms with Crippen LogP contribution in [0.15, 0.2) is 24.3 Å². The Hall–Kier alpha value is -0.786. The number of hydrogen-bond donors (Lipinski definition) is 0. The highest BCUT2D eigenvalue weighted by Gasteiger charge is 2.22. The van der Waals surface area contributed by atoms with Crippen molar-refractivity contribution in [2.45, 2.75) is 32.7 Å². The third-order valence-electron chi connectivity index (χ3n) is 2.83. The van der Waals surface area contributed by atoms with Gasteiger partial charge >= 0.3 is 0 Å². The van der Waals surface area contributed by atoms with E-state index >= 15 is 0 Å². The molecule has 0 N–H and O–H groups in total. The number of terminal acetylenes is 1. The van der Waals surface area contributed by atoms with Crippen LogP contribution in [-0.2, 0) is 0 Å². The van der Waals surface area contributed by atoms with Crippen molar-refractivity contribution in [3.63, 3.8) is 0 Å². The fourth-order valence-corrected chi connectivity index (χ4v) is 3.80. The first-order valence-corrected chi connectivity index (χ1v) is 11.9. The third kappa shape index (κ3) is 2.83. The van der Waals surface area contributed by atoms with Crippen LogP contribution in [0.3, 0.4) is 0 Å². The molecule has 15 heavy (non-hydrogen) atoms. The number of rotatable bonds is 2. The second-order valence-corrected chi connectivity index (χ2v) is 14.8. The molecule has 1 rings (SSSR count). The van der Waals surface area contributed by atoms with Crippen molar-refractivity contribution in [2.24, 2.45) is 0 Å². The molecule has 1 aromatic carbocycles. The molecule has 0 atom stereocenters. The van der Waals surface area contributed by atoms with Crippen LogP contribution < -0.4 is 10.4 Å². The minimum absolute atomic E-state index is 1.16. The SMILES string of the molecule is C#C[Si](C)(C)c1ccc([Si](C)(C)C)cc1. The third-order valence-corrected chi connectivity index (χ3v) is 7.40. The van der Waals surface area contributed by atoms with Crippen LogP contribution in [0.25, 0.3) is 0 Å². The monoisotopic (exact) mass is 232 g/mol. The molecule has 0 nitrogen and oxygen atoms in total. The predicted octanol–water partition coefficient (Wildman–Crippen LogP) is 2.32. The maximum absolute atomic E-state index is 5.58. The van der Waals surface area contributed by atoms with Crippen molar-refractivity contribution in [2.75, 3.05) is 0 Å². The first-order chi connectivity index (χ1) is 6.77. The van der Waals surface area contributed by atoms with E-state index in [0.29, 0.717) is 0 Å². The summed E-state index contributed by atoms with van der Waals surface area (Å²) in [5, 5.41) is 2.88. The predicted molar refractivity (Wildman–Crippen MR) is 75.4 cm³/mol. The van der Waals surface area contributed by atoms with Gasteiger partial charge in [-0.3, -0.25) is 0 Å². The number of benzene rings is 1. The van der Waals surface area contributed by atoms with E-state index in [1.807, 2.05) is 0 Å². The Bertz CT molecular complexity index is 374. The van der Waals surface area contributed by atoms with E-state index in [0.717, 1.165) is 0 Å². The lowest BCUT2D eigenvalue weighted by atomic mass is 10.4. The molecule has 0 radical (unpaired) electrons. The zero-order valence-corrected chi connectivity index (χ0v) is 12.4. The molecule has 0 spiro atoms. The average Bonchev–Trinajstić information content (AvgIpc) is 2.17. The molecule has 80 valence electrons. The molecular formula is C13H20Si2. The Morgan fingerprint density at radius 3 is 1.60 bits per heavy atom. The standard InChI is InChI=1S/C13H20Si2/c1-7-15(5,6)13-10-8-12(9-11-13)14(2,3)4/h1,8-11H,2-6H3. The molecule has 0 fully saturated rings. The van der Waals surface area contributed by atoms with Crippen LogP contribution in [0.2, 0.25) is 32.7 Å². The highest BCUT2D eigenvalue weighted by Crippen LogP contribution is 2.04. The van der Waals surface area contributed by atoms with Gasteiger partial charge in [-0.15, -0.1) is 12.0 Å². The van der Waals surface area contributed by atoms with Gasteiger partial charge in [0.05, 0.1) is 8.07 Å². The lowest BCUT2D eigenvalue weighted by Gasteiger charge is -2.20. The van der Waals surface area contributed by atoms with Crippen molar-refractivity contribution >= 4 is 26.5 Å². The summed E-state index contributed by atoms with van der Waals surface area (Å²) in [5.41, 5.74) is 2.97. The summed E-state index contributed by atoms with van der Waals surface area (Å²) in [5.74, 6) is 0. The molecule has 0 aliphatic heterocycles. The van der Waals surface area contributed by atoms with Gasteiger partial charge in [-0.2, -0.15) is 0 Å². The summed E-state index contributed by atoms with van der Waals surface area (Å²) in [7, 11) is -2.75. The molecule has 0 heterocycles. The highest BCUT2D eigenvalue weighted by molar-refractivity contribution is 6.96. The lowest BCUT2D eigenvalue weighted by molar-refractivity contribution is 1.69. The van der Waals surface area contributed by atoms with Crippen LogP contribution in [0.1, 0.15) is 0 Å². The summed E-state index contributed by atoms with van der Waals surface area (Å²) >= 11 is 0. The largest absolute Gasteiger partial charge is 0.162 e. The van der Waals surface area contributed by atoms with Gasteiger partial charge in [-0.25, -0.2) is 0 Å². The van der Waals surface area contributed by atoms with E-state index in [4.69, 9.17) is 6.42 Å². The molecule has 2 heteroatoms. The summed E-state index contributed by atoms with van der Waals surface area (Å²) in [6, 6.07) is 9.01. The van der Waals surface area contributed by atoms with Gasteiger partial charge in [0.1, 0.15) is 0 Å². The quantitative estimate of drug-likeness (QED) is 0.542. The van der Waals surface area contributed by atoms with Crippen LogP contribution in [-0.4, -0.2) is 16.1 Å². The van der Waals surface area contributed by atoms with Crippen molar-refractivity contribution in [3.05, 3.63) is 24.3 Å². The minimum Gasteiger partial charge on any atom is -0.129 e. The van der Waals surface area contributed by atoms with Crippen LogP contribution in [0, 0.1) is 12.0 Å². The van der Waals surface area contributed by atoms with Gasteiger partial charge in [-0.05, 0) is 5.19 Å². The fraction of sp³-hybridized carbons (Fsp3) is 0.385. The van der Waals surface area contributed by atoms with E-state index in [2.05, 4.69) is 62.5 Å². The van der Waals surface area contributed by atoms with Crippen LogP contribution >= 0.6 is 0 Å². The van der Waals surface area contributed by atoms with Crippen molar-refractivity contribution in [3.8, 4) is 12.0 Å². The van der Waals surface area contributed by atoms with Crippen molar-refractivity contribution in [1.82, 2.24) is 0 Å². The molecule has 0 aromatic heterocycles. The second kappa shape index (κ2) is 3.99. The second-order valence-electron chi connectivity index (χ2n) is 5.60. The average molecular weight is 232 g/mol. The van der Waals surface area contributed by atoms with Gasteiger partial charge < -0.3 is 0 Å². The van der Waals surface area contributed by atoms with Gasteiger partial charge in [0, 0.05) is 0 Å². The Morgan fingerprint density at radius 2 is 1.27 bits per heavy atom. The molecule has 0 unspecified atom stereocenters. The fourth-order valence-electron chi connectivity index (χ4n) is 1.47. The molecule has 0 saturated heterocycles. The molecule has 1 aromatic rings. The summed E-state index contributed by atoms with van der Waals surface area (Å²) < 4.78 is 0. The van der Waals surface area contributed by atoms with Crippen molar-refractivity contribution in [1.29, 1.82) is 0 Å². The molecule has 0 bridgehead atoms. The highest BCUT2D eigenvalue weighted by atomic mass is 28.3. The summed E-state index contributed by atoms with van der Waals surface area (Å²) in [6.07, 6.45) is 5.58. The molecule has 0 aliphatic rings. The van der Waals surface area contributed by atoms with E-state index in [1.165, 1.54) is 10.4 Å². The Balaban J connectivity index is 3.08. The smallest absolute Gasteiger partial charge is 0.129 e. The summed E-state index contributed by atoms with van der Waals surface area (Å²) in [4.78, 5) is 0. The van der Waals surface area contributed by atoms with Gasteiger partial charge in [0.2, 0.25) is 0 Å². The normalized spacial score (nSPS) is 12.3. The van der Waals surface area contributed by atoms with Crippen LogP contribution in [0.5, 0.6) is 0 Å². The Morgan fingerprint density at radius 1 is 0.867 bits per heavy atom. The molecule has 0 amide bonds. The summed E-state index contributed by atoms with van der Waals surface area (Å²) in [6.45, 7) is 11.5. The molecule has 0 saturated carbocycles. The van der Waals surface area contributed by atoms with Gasteiger partial charge in [0.25, 0.3) is 0 Å². The molecular weight excluding hydrogens is 212 g/mol. The van der Waals surface area contributed by atoms with Gasteiger partial charge in [0.15, 0.2) is 8.07 Å². The van der Waals surface area contributed by atoms with E-state index in [1.54, 1.807) is 0 Å². The zero-order chi connectivity index (χ0) is 11.7. The first kappa shape index (κ1) is 12.3. The number of hydrogen-bond acceptors (Lipinski definition) is 0. The first-order valence-electron chi connectivity index (χ1n) is 5.36. The van der Waals surface area contributed by atoms with E-state index in [-0.39, 0.29) is 0 Å². The Kier molecular flexibility index (Phi) is 3.27. The van der Waals surface area contributed by atoms with Crippen molar-refractivity contribution < 1.29 is 0 Å². The lowest BCUT2D eigenvalue weighted by Crippen LogP contribution is -2.43. The minimum atomic E-state index is -1.59. The van der Waals surface area contributed by atoms with E-state index in [9.17, 15) is 0 Å².